The van der Waals surface area contributed by atoms with Crippen molar-refractivity contribution in [1.29, 1.82) is 0 Å². The van der Waals surface area contributed by atoms with Crippen LogP contribution >= 0.6 is 0 Å². The average molecular weight is 672 g/mol. The summed E-state index contributed by atoms with van der Waals surface area (Å²) in [6.45, 7) is 7.21. The summed E-state index contributed by atoms with van der Waals surface area (Å²) in [5.41, 5.74) is 1.18. The molecule has 2 bridgehead atoms. The number of fused-ring (bicyclic) bond motifs is 5. The van der Waals surface area contributed by atoms with E-state index in [1.54, 1.807) is 11.0 Å². The number of aryl methyl sites for hydroxylation is 1. The van der Waals surface area contributed by atoms with E-state index >= 15 is 0 Å². The molecule has 0 spiro atoms. The standard InChI is InChI=1S/C26H30F2IN6O3S/c1-5-34(24(36)21-13-35(33-31-21)9-10-39(4,37)38)15-26-14-29-12-17(25(26,2)3)16-11-20(30-32-23(16)26)22-18(27)7-6-8-19(22)28/h6-8,11,13,17H,5,9-10,12,14-15H2,1-4H3/q-1/t17-,26-/m0/s1. The normalized spacial score (nSPS) is 21.7. The van der Waals surface area contributed by atoms with Crippen LogP contribution in [0, 0.1) is 17.0 Å². The number of rotatable bonds is 8. The molecule has 0 saturated carbocycles. The monoisotopic (exact) mass is 671 g/mol. The van der Waals surface area contributed by atoms with Crippen LogP contribution in [0.25, 0.3) is 11.3 Å². The van der Waals surface area contributed by atoms with E-state index in [0.717, 1.165) is 26.4 Å². The average Bonchev–Trinajstić information content (AvgIpc) is 3.35. The van der Waals surface area contributed by atoms with Crippen LogP contribution in [0.2, 0.25) is 0 Å². The number of hydrogen-bond donors (Lipinski definition) is 0. The number of hydrogen-bond acceptors (Lipinski definition) is 7. The molecule has 2 aliphatic rings. The van der Waals surface area contributed by atoms with E-state index in [1.165, 1.54) is 29.1 Å². The fourth-order valence-corrected chi connectivity index (χ4v) is 11.2. The molecule has 1 fully saturated rings. The first-order valence-electron chi connectivity index (χ1n) is 12.6. The van der Waals surface area contributed by atoms with Gasteiger partial charge in [-0.2, -0.15) is 0 Å². The molecular formula is C26H30F2IN6O3S-. The molecule has 0 N–H and O–H groups in total. The molecule has 3 heterocycles. The number of nitrogens with zero attached hydrogens (tertiary/aromatic N) is 6. The second-order valence-corrected chi connectivity index (χ2v) is 15.8. The molecule has 0 unspecified atom stereocenters. The van der Waals surface area contributed by atoms with Crippen LogP contribution in [0.5, 0.6) is 0 Å². The van der Waals surface area contributed by atoms with E-state index < -0.39 is 26.9 Å². The molecular weight excluding hydrogens is 641 g/mol. The zero-order chi connectivity index (χ0) is 28.2. The van der Waals surface area contributed by atoms with Gasteiger partial charge < -0.3 is 0 Å². The van der Waals surface area contributed by atoms with Gasteiger partial charge in [-0.1, -0.05) is 0 Å². The molecule has 1 saturated heterocycles. The third-order valence-corrected chi connectivity index (χ3v) is 12.4. The van der Waals surface area contributed by atoms with Crippen LogP contribution in [-0.2, 0) is 21.8 Å². The molecule has 3 aromatic rings. The summed E-state index contributed by atoms with van der Waals surface area (Å²) in [6.07, 6.45) is 2.63. The van der Waals surface area contributed by atoms with Gasteiger partial charge in [0.05, 0.1) is 0 Å². The zero-order valence-corrected chi connectivity index (χ0v) is 25.1. The Hall–Kier alpha value is -2.55. The molecule has 13 heteroatoms. The number of benzene rings is 1. The van der Waals surface area contributed by atoms with Crippen molar-refractivity contribution in [3.8, 4) is 11.3 Å². The van der Waals surface area contributed by atoms with Crippen molar-refractivity contribution in [2.45, 2.75) is 38.6 Å². The summed E-state index contributed by atoms with van der Waals surface area (Å²) < 4.78 is 55.4. The van der Waals surface area contributed by atoms with Crippen molar-refractivity contribution in [2.75, 3.05) is 34.0 Å². The van der Waals surface area contributed by atoms with Gasteiger partial charge in [-0.05, 0) is 0 Å². The van der Waals surface area contributed by atoms with Crippen LogP contribution in [0.1, 0.15) is 48.4 Å². The summed E-state index contributed by atoms with van der Waals surface area (Å²) in [6, 6.07) is 5.54. The Morgan fingerprint density at radius 1 is 1.21 bits per heavy atom. The van der Waals surface area contributed by atoms with Crippen LogP contribution in [0.15, 0.2) is 30.5 Å². The first-order valence-corrected chi connectivity index (χ1v) is 17.7. The summed E-state index contributed by atoms with van der Waals surface area (Å²) in [5.74, 6) is -1.61. The van der Waals surface area contributed by atoms with Gasteiger partial charge in [-0.15, -0.1) is 0 Å². The molecule has 2 atom stereocenters. The Labute approximate surface area is 236 Å². The van der Waals surface area contributed by atoms with Crippen molar-refractivity contribution in [3.63, 3.8) is 0 Å². The molecule has 2 aromatic heterocycles. The Morgan fingerprint density at radius 2 is 1.92 bits per heavy atom. The van der Waals surface area contributed by atoms with Crippen molar-refractivity contribution < 1.29 is 43.2 Å². The van der Waals surface area contributed by atoms with Crippen LogP contribution in [0.3, 0.4) is 0 Å². The second-order valence-electron chi connectivity index (χ2n) is 10.8. The third-order valence-electron chi connectivity index (χ3n) is 8.14. The third kappa shape index (κ3) is 4.85. The van der Waals surface area contributed by atoms with Crippen LogP contribution in [-0.4, -0.2) is 78.4 Å². The first kappa shape index (κ1) is 28.0. The number of halogens is 3. The van der Waals surface area contributed by atoms with Gasteiger partial charge in [-0.25, -0.2) is 0 Å². The molecule has 0 radical (unpaired) electrons. The Morgan fingerprint density at radius 3 is 2.59 bits per heavy atom. The van der Waals surface area contributed by atoms with Crippen molar-refractivity contribution in [3.05, 3.63) is 59.0 Å². The summed E-state index contributed by atoms with van der Waals surface area (Å²) in [4.78, 5) is 15.3. The molecule has 5 rings (SSSR count). The Bertz CT molecular complexity index is 1530. The van der Waals surface area contributed by atoms with Crippen molar-refractivity contribution in [1.82, 2.24) is 30.1 Å². The quantitative estimate of drug-likeness (QED) is 0.239. The number of sulfone groups is 1. The number of amides is 1. The Kier molecular flexibility index (Phi) is 7.27. The number of aromatic nitrogens is 5. The maximum absolute atomic E-state index is 14.6. The van der Waals surface area contributed by atoms with E-state index in [0.29, 0.717) is 13.1 Å². The minimum atomic E-state index is -3.18. The van der Waals surface area contributed by atoms with Gasteiger partial charge in [0.15, 0.2) is 0 Å². The van der Waals surface area contributed by atoms with E-state index in [-0.39, 0.29) is 67.7 Å². The predicted octanol–water partition coefficient (Wildman–Crippen LogP) is -0.316. The zero-order valence-electron chi connectivity index (χ0n) is 22.2. The summed E-state index contributed by atoms with van der Waals surface area (Å²) in [5, 5.41) is 16.9. The fraction of sp³-hybridized carbons (Fsp3) is 0.500. The first-order chi connectivity index (χ1) is 18.4. The van der Waals surface area contributed by atoms with Gasteiger partial charge in [-0.3, -0.25) is 0 Å². The topological polar surface area (TPSA) is 111 Å². The van der Waals surface area contributed by atoms with Crippen LogP contribution in [0.4, 0.5) is 8.78 Å². The number of carbonyl (C=O) groups excluding carboxylic acids is 1. The molecule has 1 aliphatic heterocycles. The van der Waals surface area contributed by atoms with Gasteiger partial charge >= 0.3 is 237 Å². The van der Waals surface area contributed by atoms with Gasteiger partial charge in [0, 0.05) is 0 Å². The molecule has 210 valence electrons. The maximum atomic E-state index is 14.6. The number of likely N-dealkylation sites (N-methyl/N-ethyl adjacent to an activating group) is 1. The summed E-state index contributed by atoms with van der Waals surface area (Å²) in [7, 11) is -3.18. The molecule has 1 amide bonds. The fourth-order valence-electron chi connectivity index (χ4n) is 5.67. The minimum absolute atomic E-state index is 0.0991. The van der Waals surface area contributed by atoms with E-state index in [9.17, 15) is 22.0 Å². The summed E-state index contributed by atoms with van der Waals surface area (Å²) >= 11 is -0.206. The second kappa shape index (κ2) is 10.1. The van der Waals surface area contributed by atoms with E-state index in [2.05, 4.69) is 34.4 Å². The van der Waals surface area contributed by atoms with Crippen molar-refractivity contribution >= 4 is 15.7 Å². The van der Waals surface area contributed by atoms with Gasteiger partial charge in [0.2, 0.25) is 0 Å². The predicted molar refractivity (Wildman–Crippen MR) is 137 cm³/mol. The van der Waals surface area contributed by atoms with E-state index in [4.69, 9.17) is 0 Å². The number of carbonyl (C=O) groups is 1. The van der Waals surface area contributed by atoms with Gasteiger partial charge in [0.1, 0.15) is 0 Å². The molecule has 1 aliphatic carbocycles. The Balaban J connectivity index is 1.48. The number of alkyl halides is 2. The molecule has 39 heavy (non-hydrogen) atoms. The van der Waals surface area contributed by atoms with Gasteiger partial charge in [0.25, 0.3) is 0 Å². The molecule has 1 aromatic carbocycles. The van der Waals surface area contributed by atoms with Crippen LogP contribution < -0.4 is 21.2 Å². The SMILES string of the molecule is CCN(C[C@@]12C[I-]C[C@@H](c3cc(-c4c(F)cccc4F)nnc31)C2(C)C)C(=O)c1cn(CCS(C)(=O)=O)nn1. The van der Waals surface area contributed by atoms with E-state index in [1.807, 2.05) is 6.92 Å². The van der Waals surface area contributed by atoms with Crippen molar-refractivity contribution in [2.24, 2.45) is 5.41 Å². The molecule has 9 nitrogen and oxygen atoms in total.